The van der Waals surface area contributed by atoms with Gasteiger partial charge in [0.05, 0.1) is 6.04 Å². The van der Waals surface area contributed by atoms with Crippen molar-refractivity contribution in [1.29, 1.82) is 0 Å². The lowest BCUT2D eigenvalue weighted by Crippen LogP contribution is -2.44. The van der Waals surface area contributed by atoms with E-state index in [0.717, 1.165) is 0 Å². The number of hydrogen-bond donors (Lipinski definition) is 5. The van der Waals surface area contributed by atoms with Gasteiger partial charge in [-0.15, -0.1) is 0 Å². The summed E-state index contributed by atoms with van der Waals surface area (Å²) in [6.45, 7) is 0. The van der Waals surface area contributed by atoms with E-state index in [1.807, 2.05) is 0 Å². The van der Waals surface area contributed by atoms with Crippen molar-refractivity contribution in [3.63, 3.8) is 0 Å². The molecule has 1 atom stereocenters. The van der Waals surface area contributed by atoms with Crippen LogP contribution in [0.25, 0.3) is 0 Å². The molecule has 0 aromatic heterocycles. The molecule has 0 aromatic carbocycles. The maximum absolute atomic E-state index is 11.8. The first-order valence-corrected chi connectivity index (χ1v) is 10.1. The molecule has 0 saturated carbocycles. The Bertz CT molecular complexity index is 371. The Kier molecular flexibility index (Phi) is 7.79. The number of rotatable bonds is 8. The lowest BCUT2D eigenvalue weighted by molar-refractivity contribution is -0.131. The lowest BCUT2D eigenvalue weighted by atomic mass is 10.2. The van der Waals surface area contributed by atoms with Gasteiger partial charge in [-0.3, -0.25) is 13.9 Å². The van der Waals surface area contributed by atoms with E-state index in [2.05, 4.69) is 0 Å². The third-order valence-electron chi connectivity index (χ3n) is 1.97. The summed E-state index contributed by atoms with van der Waals surface area (Å²) in [6, 6.07) is -1.05. The summed E-state index contributed by atoms with van der Waals surface area (Å²) in [5, 5.41) is 0. The second-order valence-electron chi connectivity index (χ2n) is 3.88. The van der Waals surface area contributed by atoms with Crippen LogP contribution in [-0.4, -0.2) is 61.0 Å². The van der Waals surface area contributed by atoms with Crippen molar-refractivity contribution >= 4 is 32.9 Å². The van der Waals surface area contributed by atoms with E-state index >= 15 is 0 Å². The Balaban J connectivity index is 4.87. The first kappa shape index (κ1) is 19.1. The van der Waals surface area contributed by atoms with Gasteiger partial charge in [-0.05, 0) is 18.4 Å². The molecule has 0 heterocycles. The van der Waals surface area contributed by atoms with Gasteiger partial charge in [0, 0.05) is 0 Å². The van der Waals surface area contributed by atoms with Crippen molar-refractivity contribution in [2.45, 2.75) is 12.5 Å². The fourth-order valence-corrected chi connectivity index (χ4v) is 3.25. The molecule has 0 fully saturated rings. The minimum absolute atomic E-state index is 0.249. The predicted molar refractivity (Wildman–Crippen MR) is 71.6 cm³/mol. The molecule has 114 valence electrons. The van der Waals surface area contributed by atoms with Crippen LogP contribution in [-0.2, 0) is 13.9 Å². The molecular weight excluding hydrogens is 318 g/mol. The minimum atomic E-state index is -4.63. The largest absolute Gasteiger partial charge is 0.344 e. The Labute approximate surface area is 114 Å². The Morgan fingerprint density at radius 1 is 1.21 bits per heavy atom. The highest BCUT2D eigenvalue weighted by Crippen LogP contribution is 2.41. The molecule has 0 aliphatic carbocycles. The Hall–Kier alpha value is 0.0800. The lowest BCUT2D eigenvalue weighted by Gasteiger charge is -2.26. The summed E-state index contributed by atoms with van der Waals surface area (Å²) in [7, 11) is -9.25. The fraction of sp³-hybridized carbons (Fsp3) is 0.857. The number of hydrogen-bond acceptors (Lipinski definition) is 5. The van der Waals surface area contributed by atoms with E-state index in [1.165, 1.54) is 11.8 Å². The van der Waals surface area contributed by atoms with E-state index in [4.69, 9.17) is 25.3 Å². The number of nitrogens with zero attached hydrogens (tertiary/aromatic N) is 1. The van der Waals surface area contributed by atoms with Crippen molar-refractivity contribution in [3.8, 4) is 0 Å². The van der Waals surface area contributed by atoms with Crippen molar-refractivity contribution in [1.82, 2.24) is 4.90 Å². The van der Waals surface area contributed by atoms with Crippen molar-refractivity contribution in [2.24, 2.45) is 5.73 Å². The highest BCUT2D eigenvalue weighted by molar-refractivity contribution is 7.98. The van der Waals surface area contributed by atoms with Gasteiger partial charge >= 0.3 is 15.2 Å². The van der Waals surface area contributed by atoms with Crippen LogP contribution in [0.2, 0.25) is 0 Å². The van der Waals surface area contributed by atoms with Crippen molar-refractivity contribution in [2.75, 3.05) is 24.6 Å². The zero-order valence-corrected chi connectivity index (χ0v) is 12.9. The molecule has 0 aromatic rings. The molecule has 0 radical (unpaired) electrons. The smallest absolute Gasteiger partial charge is 0.323 e. The maximum Gasteiger partial charge on any atom is 0.344 e. The zero-order valence-electron chi connectivity index (χ0n) is 10.2. The number of carbonyl (C=O) groups is 1. The van der Waals surface area contributed by atoms with Gasteiger partial charge in [0.15, 0.2) is 0 Å². The molecule has 0 aliphatic heterocycles. The van der Waals surface area contributed by atoms with Gasteiger partial charge in [0.2, 0.25) is 5.91 Å². The number of nitrogens with two attached hydrogens (primary N) is 1. The number of amides is 1. The fourth-order valence-electron chi connectivity index (χ4n) is 1.23. The van der Waals surface area contributed by atoms with E-state index in [-0.39, 0.29) is 6.42 Å². The highest BCUT2D eigenvalue weighted by atomic mass is 32.2. The molecule has 12 heteroatoms. The van der Waals surface area contributed by atoms with Gasteiger partial charge in [-0.2, -0.15) is 11.8 Å². The summed E-state index contributed by atoms with van der Waals surface area (Å²) in [6.07, 6.45) is -0.0904. The van der Waals surface area contributed by atoms with E-state index in [1.54, 1.807) is 6.26 Å². The SMILES string of the molecule is CSCC[C@H](N)C(=O)N(CP(=O)(O)O)CP(=O)(O)O. The predicted octanol–water partition coefficient (Wildman–Crippen LogP) is -0.834. The van der Waals surface area contributed by atoms with Crippen LogP contribution < -0.4 is 5.73 Å². The molecule has 0 bridgehead atoms. The second kappa shape index (κ2) is 7.75. The van der Waals surface area contributed by atoms with Gasteiger partial charge in [-0.25, -0.2) is 0 Å². The summed E-state index contributed by atoms with van der Waals surface area (Å²) >= 11 is 1.43. The molecule has 6 N–H and O–H groups in total. The number of thioether (sulfide) groups is 1. The number of carbonyl (C=O) groups excluding carboxylic acids is 1. The molecule has 0 unspecified atom stereocenters. The zero-order chi connectivity index (χ0) is 15.3. The maximum atomic E-state index is 11.8. The van der Waals surface area contributed by atoms with Crippen LogP contribution in [0.15, 0.2) is 0 Å². The Morgan fingerprint density at radius 3 is 1.95 bits per heavy atom. The van der Waals surface area contributed by atoms with Crippen LogP contribution in [0.3, 0.4) is 0 Å². The molecule has 19 heavy (non-hydrogen) atoms. The molecule has 1 amide bonds. The summed E-state index contributed by atoms with van der Waals surface area (Å²) in [4.78, 5) is 47.5. The van der Waals surface area contributed by atoms with Crippen LogP contribution in [0, 0.1) is 0 Å². The summed E-state index contributed by atoms with van der Waals surface area (Å²) < 4.78 is 21.7. The van der Waals surface area contributed by atoms with Crippen molar-refractivity contribution < 1.29 is 33.5 Å². The normalized spacial score (nSPS) is 14.2. The highest BCUT2D eigenvalue weighted by Gasteiger charge is 2.31. The van der Waals surface area contributed by atoms with Gasteiger partial charge in [-0.1, -0.05) is 0 Å². The third-order valence-corrected chi connectivity index (χ3v) is 4.04. The van der Waals surface area contributed by atoms with E-state index in [0.29, 0.717) is 10.7 Å². The topological polar surface area (TPSA) is 161 Å². The van der Waals surface area contributed by atoms with Crippen molar-refractivity contribution in [3.05, 3.63) is 0 Å². The molecular formula is C7H18N2O7P2S. The minimum Gasteiger partial charge on any atom is -0.323 e. The quantitative estimate of drug-likeness (QED) is 0.356. The van der Waals surface area contributed by atoms with Crippen LogP contribution in [0.1, 0.15) is 6.42 Å². The average molecular weight is 336 g/mol. The van der Waals surface area contributed by atoms with Crippen LogP contribution in [0.4, 0.5) is 0 Å². The second-order valence-corrected chi connectivity index (χ2v) is 8.09. The standard InChI is InChI=1S/C7H18N2O7P2S/c1-19-3-2-6(8)7(10)9(4-17(11,12)13)5-18(14,15)16/h6H,2-5,8H2,1H3,(H2,11,12,13)(H2,14,15,16)/t6-/m0/s1. The summed E-state index contributed by atoms with van der Waals surface area (Å²) in [5.41, 5.74) is 5.53. The first-order chi connectivity index (χ1) is 8.46. The molecule has 0 saturated heterocycles. The molecule has 0 rings (SSSR count). The molecule has 0 spiro atoms. The van der Waals surface area contributed by atoms with E-state index < -0.39 is 39.7 Å². The Morgan fingerprint density at radius 2 is 1.63 bits per heavy atom. The third kappa shape index (κ3) is 9.59. The molecule has 0 aliphatic rings. The van der Waals surface area contributed by atoms with Gasteiger partial charge in [0.1, 0.15) is 12.6 Å². The van der Waals surface area contributed by atoms with Crippen LogP contribution >= 0.6 is 27.0 Å². The van der Waals surface area contributed by atoms with Gasteiger partial charge in [0.25, 0.3) is 0 Å². The summed E-state index contributed by atoms with van der Waals surface area (Å²) in [5.74, 6) is -0.340. The van der Waals surface area contributed by atoms with Gasteiger partial charge < -0.3 is 30.2 Å². The van der Waals surface area contributed by atoms with Crippen LogP contribution in [0.5, 0.6) is 0 Å². The molecule has 9 nitrogen and oxygen atoms in total. The average Bonchev–Trinajstić information content (AvgIpc) is 2.19. The van der Waals surface area contributed by atoms with E-state index in [9.17, 15) is 13.9 Å². The monoisotopic (exact) mass is 336 g/mol. The first-order valence-electron chi connectivity index (χ1n) is 5.08.